The number of rotatable bonds is 8. The molecule has 5 heteroatoms. The van der Waals surface area contributed by atoms with Crippen LogP contribution in [0.3, 0.4) is 0 Å². The molecule has 0 fully saturated rings. The largest absolute Gasteiger partial charge is 0.496 e. The number of hydrogen-bond acceptors (Lipinski definition) is 4. The predicted molar refractivity (Wildman–Crippen MR) is 137 cm³/mol. The van der Waals surface area contributed by atoms with Gasteiger partial charge in [-0.25, -0.2) is 4.90 Å². The smallest absolute Gasteiger partial charge is 0.282 e. The van der Waals surface area contributed by atoms with Gasteiger partial charge in [0.1, 0.15) is 11.4 Å². The number of para-hydroxylation sites is 1. The van der Waals surface area contributed by atoms with Crippen LogP contribution in [0, 0.1) is 13.8 Å². The summed E-state index contributed by atoms with van der Waals surface area (Å²) in [6.07, 6.45) is 3.19. The van der Waals surface area contributed by atoms with E-state index in [0.717, 1.165) is 36.1 Å². The second-order valence-corrected chi connectivity index (χ2v) is 8.59. The van der Waals surface area contributed by atoms with Crippen molar-refractivity contribution in [3.05, 3.63) is 94.7 Å². The van der Waals surface area contributed by atoms with Gasteiger partial charge in [-0.2, -0.15) is 0 Å². The van der Waals surface area contributed by atoms with E-state index < -0.39 is 0 Å². The van der Waals surface area contributed by atoms with Gasteiger partial charge in [0.25, 0.3) is 11.8 Å². The Labute approximate surface area is 201 Å². The first-order valence-corrected chi connectivity index (χ1v) is 11.6. The van der Waals surface area contributed by atoms with Crippen LogP contribution < -0.4 is 15.0 Å². The Bertz CT molecular complexity index is 1260. The number of unbranched alkanes of at least 4 members (excludes halogenated alkanes) is 1. The molecule has 5 nitrogen and oxygen atoms in total. The number of amides is 2. The monoisotopic (exact) mass is 454 g/mol. The van der Waals surface area contributed by atoms with Crippen molar-refractivity contribution in [1.29, 1.82) is 0 Å². The molecule has 1 aliphatic rings. The molecule has 1 aliphatic heterocycles. The van der Waals surface area contributed by atoms with Crippen LogP contribution in [0.25, 0.3) is 5.57 Å². The third-order valence-electron chi connectivity index (χ3n) is 6.25. The number of nitrogens with one attached hydrogen (secondary N) is 1. The molecular weight excluding hydrogens is 424 g/mol. The Balaban J connectivity index is 1.77. The van der Waals surface area contributed by atoms with E-state index in [1.54, 1.807) is 19.2 Å². The van der Waals surface area contributed by atoms with Crippen molar-refractivity contribution in [3.8, 4) is 5.75 Å². The predicted octanol–water partition coefficient (Wildman–Crippen LogP) is 6.05. The molecule has 1 heterocycles. The fourth-order valence-corrected chi connectivity index (χ4v) is 4.14. The SMILES string of the molecule is CCCCc1ccc(N2C(=O)C(Nc3ccc(C)c(C)c3)=C(c3ccccc3OC)C2=O)cc1. The number of ether oxygens (including phenoxy) is 1. The van der Waals surface area contributed by atoms with E-state index in [1.807, 2.05) is 68.4 Å². The van der Waals surface area contributed by atoms with E-state index in [1.165, 1.54) is 10.5 Å². The van der Waals surface area contributed by atoms with Crippen molar-refractivity contribution in [2.75, 3.05) is 17.3 Å². The van der Waals surface area contributed by atoms with Gasteiger partial charge in [0.05, 0.1) is 18.4 Å². The number of hydrogen-bond donors (Lipinski definition) is 1. The maximum atomic E-state index is 13.7. The average molecular weight is 455 g/mol. The molecule has 0 aliphatic carbocycles. The number of nitrogens with zero attached hydrogens (tertiary/aromatic N) is 1. The number of carbonyl (C=O) groups excluding carboxylic acids is 2. The maximum Gasteiger partial charge on any atom is 0.282 e. The lowest BCUT2D eigenvalue weighted by molar-refractivity contribution is -0.120. The average Bonchev–Trinajstić information content (AvgIpc) is 3.09. The molecule has 0 atom stereocenters. The molecule has 0 aromatic heterocycles. The van der Waals surface area contributed by atoms with Crippen LogP contribution in [-0.2, 0) is 16.0 Å². The highest BCUT2D eigenvalue weighted by molar-refractivity contribution is 6.46. The Morgan fingerprint density at radius 1 is 0.882 bits per heavy atom. The third kappa shape index (κ3) is 4.46. The van der Waals surface area contributed by atoms with Crippen LogP contribution in [0.4, 0.5) is 11.4 Å². The Hall–Kier alpha value is -3.86. The zero-order chi connectivity index (χ0) is 24.2. The minimum atomic E-state index is -0.384. The van der Waals surface area contributed by atoms with Crippen LogP contribution >= 0.6 is 0 Å². The van der Waals surface area contributed by atoms with Gasteiger partial charge in [-0.3, -0.25) is 9.59 Å². The lowest BCUT2D eigenvalue weighted by atomic mass is 10.0. The van der Waals surface area contributed by atoms with Crippen molar-refractivity contribution in [1.82, 2.24) is 0 Å². The number of imide groups is 1. The van der Waals surface area contributed by atoms with Gasteiger partial charge < -0.3 is 10.1 Å². The first kappa shape index (κ1) is 23.3. The van der Waals surface area contributed by atoms with E-state index in [9.17, 15) is 9.59 Å². The maximum absolute atomic E-state index is 13.7. The summed E-state index contributed by atoms with van der Waals surface area (Å²) in [6, 6.07) is 20.8. The molecule has 0 bridgehead atoms. The number of methoxy groups -OCH3 is 1. The zero-order valence-electron chi connectivity index (χ0n) is 20.1. The molecule has 3 aromatic carbocycles. The van der Waals surface area contributed by atoms with Crippen LogP contribution in [0.1, 0.15) is 42.0 Å². The van der Waals surface area contributed by atoms with Crippen LogP contribution in [0.2, 0.25) is 0 Å². The first-order valence-electron chi connectivity index (χ1n) is 11.6. The number of benzene rings is 3. The van der Waals surface area contributed by atoms with Crippen molar-refractivity contribution in [3.63, 3.8) is 0 Å². The number of carbonyl (C=O) groups is 2. The van der Waals surface area contributed by atoms with E-state index in [2.05, 4.69) is 12.2 Å². The second kappa shape index (κ2) is 9.96. The van der Waals surface area contributed by atoms with Crippen molar-refractivity contribution in [2.45, 2.75) is 40.0 Å². The normalized spacial score (nSPS) is 13.6. The molecule has 0 saturated heterocycles. The van der Waals surface area contributed by atoms with Crippen LogP contribution in [0.15, 0.2) is 72.4 Å². The quantitative estimate of drug-likeness (QED) is 0.421. The molecule has 4 rings (SSSR count). The molecule has 2 amide bonds. The van der Waals surface area contributed by atoms with Gasteiger partial charge in [-0.15, -0.1) is 0 Å². The molecule has 34 heavy (non-hydrogen) atoms. The summed E-state index contributed by atoms with van der Waals surface area (Å²) in [6.45, 7) is 6.21. The van der Waals surface area contributed by atoms with E-state index in [0.29, 0.717) is 22.6 Å². The Morgan fingerprint density at radius 3 is 2.29 bits per heavy atom. The molecule has 0 unspecified atom stereocenters. The summed E-state index contributed by atoms with van der Waals surface area (Å²) in [5.74, 6) is -0.220. The van der Waals surface area contributed by atoms with Gasteiger partial charge in [0, 0.05) is 11.3 Å². The molecular formula is C29H30N2O3. The number of aryl methyl sites for hydroxylation is 3. The van der Waals surface area contributed by atoms with E-state index >= 15 is 0 Å². The van der Waals surface area contributed by atoms with Crippen molar-refractivity contribution >= 4 is 28.8 Å². The third-order valence-corrected chi connectivity index (χ3v) is 6.25. The van der Waals surface area contributed by atoms with Crippen LogP contribution in [-0.4, -0.2) is 18.9 Å². The zero-order valence-corrected chi connectivity index (χ0v) is 20.1. The van der Waals surface area contributed by atoms with Gasteiger partial charge in [-0.1, -0.05) is 49.7 Å². The van der Waals surface area contributed by atoms with E-state index in [4.69, 9.17) is 4.74 Å². The summed E-state index contributed by atoms with van der Waals surface area (Å²) in [5.41, 5.74) is 5.88. The summed E-state index contributed by atoms with van der Waals surface area (Å²) in [4.78, 5) is 28.6. The van der Waals surface area contributed by atoms with Crippen molar-refractivity contribution in [2.24, 2.45) is 0 Å². The molecule has 174 valence electrons. The molecule has 0 spiro atoms. The summed E-state index contributed by atoms with van der Waals surface area (Å²) in [5, 5.41) is 3.24. The molecule has 0 radical (unpaired) electrons. The highest BCUT2D eigenvalue weighted by Gasteiger charge is 2.41. The minimum absolute atomic E-state index is 0.243. The number of anilines is 2. The summed E-state index contributed by atoms with van der Waals surface area (Å²) in [7, 11) is 1.56. The molecule has 3 aromatic rings. The minimum Gasteiger partial charge on any atom is -0.496 e. The van der Waals surface area contributed by atoms with Crippen LogP contribution in [0.5, 0.6) is 5.75 Å². The lowest BCUT2D eigenvalue weighted by Gasteiger charge is -2.16. The fraction of sp³-hybridized carbons (Fsp3) is 0.241. The standard InChI is InChI=1S/C29H30N2O3/c1-5-6-9-21-13-16-23(17-14-21)31-28(32)26(24-10-7-8-11-25(24)34-4)27(29(31)33)30-22-15-12-19(2)20(3)18-22/h7-8,10-18,30H,5-6,9H2,1-4H3. The van der Waals surface area contributed by atoms with Gasteiger partial charge in [0.2, 0.25) is 0 Å². The first-order chi connectivity index (χ1) is 16.4. The lowest BCUT2D eigenvalue weighted by Crippen LogP contribution is -2.32. The second-order valence-electron chi connectivity index (χ2n) is 8.59. The topological polar surface area (TPSA) is 58.6 Å². The fourth-order valence-electron chi connectivity index (χ4n) is 4.14. The van der Waals surface area contributed by atoms with Gasteiger partial charge in [0.15, 0.2) is 0 Å². The molecule has 1 N–H and O–H groups in total. The van der Waals surface area contributed by atoms with Gasteiger partial charge in [-0.05, 0) is 73.7 Å². The van der Waals surface area contributed by atoms with E-state index in [-0.39, 0.29) is 17.5 Å². The Morgan fingerprint density at radius 2 is 1.62 bits per heavy atom. The van der Waals surface area contributed by atoms with Gasteiger partial charge >= 0.3 is 0 Å². The van der Waals surface area contributed by atoms with Crippen molar-refractivity contribution < 1.29 is 14.3 Å². The summed E-state index contributed by atoms with van der Waals surface area (Å²) < 4.78 is 5.52. The highest BCUT2D eigenvalue weighted by atomic mass is 16.5. The molecule has 0 saturated carbocycles. The Kier molecular flexibility index (Phi) is 6.82. The summed E-state index contributed by atoms with van der Waals surface area (Å²) >= 11 is 0. The highest BCUT2D eigenvalue weighted by Crippen LogP contribution is 2.37.